The molecule has 0 spiro atoms. The van der Waals surface area contributed by atoms with E-state index in [0.717, 1.165) is 42.6 Å². The summed E-state index contributed by atoms with van der Waals surface area (Å²) in [5, 5.41) is 9.73. The van der Waals surface area contributed by atoms with Crippen LogP contribution in [0, 0.1) is 0 Å². The highest BCUT2D eigenvalue weighted by Crippen LogP contribution is 2.27. The SMILES string of the molecule is CCNC(=NCc1coc(-c2cccs2)n1)N1CCC(c2cnn(C)c2)C1.I. The lowest BCUT2D eigenvalue weighted by molar-refractivity contribution is 0.485. The Morgan fingerprint density at radius 2 is 2.36 bits per heavy atom. The molecule has 3 aromatic heterocycles. The van der Waals surface area contributed by atoms with Gasteiger partial charge in [-0.3, -0.25) is 4.68 Å². The van der Waals surface area contributed by atoms with Crippen LogP contribution in [-0.2, 0) is 13.6 Å². The number of oxazole rings is 1. The van der Waals surface area contributed by atoms with Gasteiger partial charge in [0.25, 0.3) is 0 Å². The van der Waals surface area contributed by atoms with Gasteiger partial charge in [0, 0.05) is 38.8 Å². The molecule has 1 atom stereocenters. The molecular weight excluding hydrogens is 487 g/mol. The second-order valence-electron chi connectivity index (χ2n) is 6.67. The molecule has 0 amide bonds. The van der Waals surface area contributed by atoms with E-state index in [9.17, 15) is 0 Å². The van der Waals surface area contributed by atoms with E-state index < -0.39 is 0 Å². The highest BCUT2D eigenvalue weighted by molar-refractivity contribution is 14.0. The zero-order valence-corrected chi connectivity index (χ0v) is 19.2. The van der Waals surface area contributed by atoms with Crippen molar-refractivity contribution >= 4 is 41.3 Å². The van der Waals surface area contributed by atoms with E-state index in [1.165, 1.54) is 5.56 Å². The van der Waals surface area contributed by atoms with Crippen LogP contribution in [0.25, 0.3) is 10.8 Å². The molecule has 4 heterocycles. The van der Waals surface area contributed by atoms with Crippen LogP contribution < -0.4 is 5.32 Å². The number of hydrogen-bond donors (Lipinski definition) is 1. The number of thiophene rings is 1. The Morgan fingerprint density at radius 1 is 1.46 bits per heavy atom. The molecule has 1 aliphatic rings. The molecule has 9 heteroatoms. The van der Waals surface area contributed by atoms with Crippen molar-refractivity contribution in [3.8, 4) is 10.8 Å². The molecule has 0 radical (unpaired) electrons. The zero-order chi connectivity index (χ0) is 18.6. The molecule has 1 unspecified atom stereocenters. The van der Waals surface area contributed by atoms with Crippen LogP contribution in [0.5, 0.6) is 0 Å². The minimum Gasteiger partial charge on any atom is -0.443 e. The first-order valence-corrected chi connectivity index (χ1v) is 10.1. The van der Waals surface area contributed by atoms with Crippen LogP contribution in [0.2, 0.25) is 0 Å². The highest BCUT2D eigenvalue weighted by atomic mass is 127. The van der Waals surface area contributed by atoms with Gasteiger partial charge >= 0.3 is 0 Å². The quantitative estimate of drug-likeness (QED) is 0.321. The van der Waals surface area contributed by atoms with Crippen molar-refractivity contribution in [2.45, 2.75) is 25.8 Å². The van der Waals surface area contributed by atoms with Gasteiger partial charge in [-0.25, -0.2) is 9.98 Å². The van der Waals surface area contributed by atoms with Gasteiger partial charge in [-0.1, -0.05) is 6.07 Å². The van der Waals surface area contributed by atoms with Crippen molar-refractivity contribution in [1.82, 2.24) is 25.0 Å². The summed E-state index contributed by atoms with van der Waals surface area (Å²) >= 11 is 1.62. The van der Waals surface area contributed by atoms with Gasteiger partial charge in [-0.05, 0) is 30.4 Å². The number of hydrogen-bond acceptors (Lipinski definition) is 5. The van der Waals surface area contributed by atoms with Gasteiger partial charge in [0.2, 0.25) is 5.89 Å². The average Bonchev–Trinajstić information content (AvgIpc) is 3.45. The lowest BCUT2D eigenvalue weighted by Crippen LogP contribution is -2.40. The van der Waals surface area contributed by atoms with Crippen molar-refractivity contribution in [2.75, 3.05) is 19.6 Å². The first kappa shape index (κ1) is 20.8. The van der Waals surface area contributed by atoms with Crippen molar-refractivity contribution in [3.05, 3.63) is 47.4 Å². The number of nitrogens with one attached hydrogen (secondary N) is 1. The van der Waals surface area contributed by atoms with Crippen LogP contribution in [0.4, 0.5) is 0 Å². The predicted octanol–water partition coefficient (Wildman–Crippen LogP) is 3.71. The Hall–Kier alpha value is -1.88. The van der Waals surface area contributed by atoms with E-state index in [1.54, 1.807) is 17.6 Å². The van der Waals surface area contributed by atoms with Gasteiger partial charge in [0.1, 0.15) is 12.0 Å². The van der Waals surface area contributed by atoms with Gasteiger partial charge in [-0.15, -0.1) is 35.3 Å². The second-order valence-corrected chi connectivity index (χ2v) is 7.62. The van der Waals surface area contributed by atoms with Crippen molar-refractivity contribution in [3.63, 3.8) is 0 Å². The number of aromatic nitrogens is 3. The Labute approximate surface area is 185 Å². The number of aliphatic imine (C=N–C) groups is 1. The first-order valence-electron chi connectivity index (χ1n) is 9.23. The summed E-state index contributed by atoms with van der Waals surface area (Å²) in [4.78, 5) is 12.7. The standard InChI is InChI=1S/C19H24N6OS.HI/c1-3-20-19(25-7-6-14(12-25)15-9-22-24(2)11-15)21-10-16-13-26-18(23-16)17-5-4-8-27-17;/h4-5,8-9,11,13-14H,3,6-7,10,12H2,1-2H3,(H,20,21);1H. The number of guanidine groups is 1. The molecule has 0 bridgehead atoms. The third-order valence-electron chi connectivity index (χ3n) is 4.69. The summed E-state index contributed by atoms with van der Waals surface area (Å²) in [7, 11) is 1.96. The number of aryl methyl sites for hydroxylation is 1. The summed E-state index contributed by atoms with van der Waals surface area (Å²) in [6, 6.07) is 4.01. The molecule has 150 valence electrons. The Bertz CT molecular complexity index is 903. The van der Waals surface area contributed by atoms with Crippen LogP contribution in [0.15, 0.2) is 45.6 Å². The van der Waals surface area contributed by atoms with Gasteiger partial charge in [0.05, 0.1) is 17.6 Å². The minimum absolute atomic E-state index is 0. The maximum Gasteiger partial charge on any atom is 0.236 e. The number of nitrogens with zero attached hydrogens (tertiary/aromatic N) is 5. The first-order chi connectivity index (χ1) is 13.2. The average molecular weight is 512 g/mol. The maximum absolute atomic E-state index is 5.59. The van der Waals surface area contributed by atoms with E-state index in [1.807, 2.05) is 35.4 Å². The molecular formula is C19H25IN6OS. The Morgan fingerprint density at radius 3 is 3.07 bits per heavy atom. The van der Waals surface area contributed by atoms with Gasteiger partial charge in [-0.2, -0.15) is 5.10 Å². The molecule has 1 aliphatic heterocycles. The largest absolute Gasteiger partial charge is 0.443 e. The lowest BCUT2D eigenvalue weighted by Gasteiger charge is -2.21. The molecule has 4 rings (SSSR count). The number of halogens is 1. The second kappa shape index (κ2) is 9.55. The van der Waals surface area contributed by atoms with Crippen LogP contribution in [-0.4, -0.2) is 45.3 Å². The van der Waals surface area contributed by atoms with Crippen LogP contribution in [0.3, 0.4) is 0 Å². The van der Waals surface area contributed by atoms with Gasteiger partial charge < -0.3 is 14.6 Å². The van der Waals surface area contributed by atoms with Crippen LogP contribution >= 0.6 is 35.3 Å². The zero-order valence-electron chi connectivity index (χ0n) is 16.0. The molecule has 3 aromatic rings. The van der Waals surface area contributed by atoms with E-state index in [0.29, 0.717) is 18.4 Å². The van der Waals surface area contributed by atoms with Crippen molar-refractivity contribution in [2.24, 2.45) is 12.0 Å². The minimum atomic E-state index is 0. The molecule has 0 aliphatic carbocycles. The van der Waals surface area contributed by atoms with E-state index in [2.05, 4.69) is 33.4 Å². The summed E-state index contributed by atoms with van der Waals surface area (Å²) in [5.74, 6) is 2.10. The van der Waals surface area contributed by atoms with Gasteiger partial charge in [0.15, 0.2) is 5.96 Å². The number of likely N-dealkylation sites (tertiary alicyclic amines) is 1. The molecule has 1 N–H and O–H groups in total. The molecule has 0 aromatic carbocycles. The molecule has 1 fully saturated rings. The smallest absolute Gasteiger partial charge is 0.236 e. The van der Waals surface area contributed by atoms with E-state index in [-0.39, 0.29) is 24.0 Å². The summed E-state index contributed by atoms with van der Waals surface area (Å²) in [6.07, 6.45) is 6.90. The summed E-state index contributed by atoms with van der Waals surface area (Å²) in [6.45, 7) is 5.38. The van der Waals surface area contributed by atoms with E-state index in [4.69, 9.17) is 9.41 Å². The molecule has 28 heavy (non-hydrogen) atoms. The van der Waals surface area contributed by atoms with Crippen LogP contribution in [0.1, 0.15) is 30.5 Å². The summed E-state index contributed by atoms with van der Waals surface area (Å²) in [5.41, 5.74) is 2.14. The third-order valence-corrected chi connectivity index (χ3v) is 5.55. The monoisotopic (exact) mass is 512 g/mol. The summed E-state index contributed by atoms with van der Waals surface area (Å²) < 4.78 is 7.46. The molecule has 0 saturated carbocycles. The Kier molecular flexibility index (Phi) is 7.11. The highest BCUT2D eigenvalue weighted by Gasteiger charge is 2.27. The topological polar surface area (TPSA) is 71.5 Å². The molecule has 1 saturated heterocycles. The van der Waals surface area contributed by atoms with Crippen molar-refractivity contribution < 1.29 is 4.42 Å². The fraction of sp³-hybridized carbons (Fsp3) is 0.421. The maximum atomic E-state index is 5.59. The van der Waals surface area contributed by atoms with E-state index >= 15 is 0 Å². The fourth-order valence-electron chi connectivity index (χ4n) is 3.35. The Balaban J connectivity index is 0.00000225. The molecule has 7 nitrogen and oxygen atoms in total. The fourth-order valence-corrected chi connectivity index (χ4v) is 4.01. The van der Waals surface area contributed by atoms with Crippen molar-refractivity contribution in [1.29, 1.82) is 0 Å². The predicted molar refractivity (Wildman–Crippen MR) is 122 cm³/mol. The normalized spacial score (nSPS) is 17.0. The lowest BCUT2D eigenvalue weighted by atomic mass is 10.0. The third kappa shape index (κ3) is 4.75. The number of rotatable bonds is 5.